The third-order valence-electron chi connectivity index (χ3n) is 5.84. The number of carbonyl (C=O) groups excluding carboxylic acids is 1. The second-order valence-electron chi connectivity index (χ2n) is 8.40. The van der Waals surface area contributed by atoms with E-state index < -0.39 is 0 Å². The summed E-state index contributed by atoms with van der Waals surface area (Å²) in [6, 6.07) is 11.2. The van der Waals surface area contributed by atoms with Crippen LogP contribution in [-0.2, 0) is 13.2 Å². The van der Waals surface area contributed by atoms with E-state index in [4.69, 9.17) is 4.74 Å². The van der Waals surface area contributed by atoms with Gasteiger partial charge in [0.1, 0.15) is 18.0 Å². The highest BCUT2D eigenvalue weighted by Gasteiger charge is 2.14. The minimum absolute atomic E-state index is 0.170. The molecule has 4 aromatic rings. The van der Waals surface area contributed by atoms with Crippen LogP contribution in [0.3, 0.4) is 0 Å². The molecule has 1 saturated heterocycles. The summed E-state index contributed by atoms with van der Waals surface area (Å²) in [7, 11) is 0. The molecule has 0 radical (unpaired) electrons. The zero-order valence-corrected chi connectivity index (χ0v) is 19.5. The van der Waals surface area contributed by atoms with E-state index in [1.165, 1.54) is 30.6 Å². The molecule has 3 aromatic heterocycles. The normalized spacial score (nSPS) is 14.5. The Morgan fingerprint density at radius 1 is 1.09 bits per heavy atom. The van der Waals surface area contributed by atoms with Crippen LogP contribution in [-0.4, -0.2) is 38.3 Å². The number of aryl methyl sites for hydroxylation is 1. The lowest BCUT2D eigenvalue weighted by atomic mass is 10.1. The number of thiazole rings is 1. The number of anilines is 1. The lowest BCUT2D eigenvalue weighted by molar-refractivity contribution is 0.102. The number of rotatable bonds is 7. The maximum atomic E-state index is 12.6. The van der Waals surface area contributed by atoms with Crippen LogP contribution < -0.4 is 10.1 Å². The van der Waals surface area contributed by atoms with Crippen molar-refractivity contribution in [1.82, 2.24) is 19.3 Å². The van der Waals surface area contributed by atoms with E-state index in [1.807, 2.05) is 41.2 Å². The number of ether oxygens (including phenoxy) is 1. The molecule has 1 aliphatic heterocycles. The van der Waals surface area contributed by atoms with Gasteiger partial charge in [0.15, 0.2) is 5.13 Å². The quantitative estimate of drug-likeness (QED) is 0.423. The molecule has 0 bridgehead atoms. The third-order valence-corrected chi connectivity index (χ3v) is 6.64. The number of aromatic nitrogens is 3. The summed E-state index contributed by atoms with van der Waals surface area (Å²) in [6.07, 6.45) is 7.78. The smallest absolute Gasteiger partial charge is 0.257 e. The molecule has 1 N–H and O–H groups in total. The predicted molar refractivity (Wildman–Crippen MR) is 130 cm³/mol. The first-order chi connectivity index (χ1) is 16.1. The summed E-state index contributed by atoms with van der Waals surface area (Å²) in [5, 5.41) is 5.57. The Morgan fingerprint density at radius 2 is 1.91 bits per heavy atom. The van der Waals surface area contributed by atoms with Crippen LogP contribution in [0.15, 0.2) is 54.2 Å². The molecule has 0 unspecified atom stereocenters. The molecule has 0 spiro atoms. The van der Waals surface area contributed by atoms with E-state index in [-0.39, 0.29) is 5.91 Å². The van der Waals surface area contributed by atoms with Crippen molar-refractivity contribution in [2.75, 3.05) is 18.4 Å². The highest BCUT2D eigenvalue weighted by molar-refractivity contribution is 7.14. The zero-order chi connectivity index (χ0) is 22.6. The molecule has 0 saturated carbocycles. The van der Waals surface area contributed by atoms with Gasteiger partial charge in [-0.2, -0.15) is 0 Å². The van der Waals surface area contributed by atoms with Crippen LogP contribution >= 0.6 is 11.3 Å². The molecule has 1 aliphatic rings. The lowest BCUT2D eigenvalue weighted by Gasteiger charge is -2.25. The minimum Gasteiger partial charge on any atom is -0.487 e. The van der Waals surface area contributed by atoms with Crippen molar-refractivity contribution in [3.63, 3.8) is 0 Å². The van der Waals surface area contributed by atoms with Gasteiger partial charge in [-0.05, 0) is 68.8 Å². The highest BCUT2D eigenvalue weighted by Crippen LogP contribution is 2.21. The average molecular weight is 462 g/mol. The first kappa shape index (κ1) is 21.6. The second-order valence-corrected chi connectivity index (χ2v) is 9.26. The SMILES string of the molecule is Cc1cccn2cc(COc3ccc(C(=O)Nc4nc(CN5CCCCC5)cs4)cc3)nc12. The lowest BCUT2D eigenvalue weighted by Crippen LogP contribution is -2.29. The molecule has 8 heteroatoms. The van der Waals surface area contributed by atoms with E-state index in [1.54, 1.807) is 24.3 Å². The van der Waals surface area contributed by atoms with Crippen molar-refractivity contribution < 1.29 is 9.53 Å². The van der Waals surface area contributed by atoms with Gasteiger partial charge in [0.05, 0.1) is 11.4 Å². The van der Waals surface area contributed by atoms with E-state index >= 15 is 0 Å². The van der Waals surface area contributed by atoms with Gasteiger partial charge in [-0.3, -0.25) is 15.0 Å². The molecule has 0 atom stereocenters. The summed E-state index contributed by atoms with van der Waals surface area (Å²) >= 11 is 1.47. The number of carbonyl (C=O) groups is 1. The molecular formula is C25H27N5O2S. The maximum absolute atomic E-state index is 12.6. The number of hydrogen-bond acceptors (Lipinski definition) is 6. The Balaban J connectivity index is 1.15. The van der Waals surface area contributed by atoms with Gasteiger partial charge in [-0.1, -0.05) is 12.5 Å². The van der Waals surface area contributed by atoms with E-state index in [2.05, 4.69) is 20.2 Å². The maximum Gasteiger partial charge on any atom is 0.257 e. The number of imidazole rings is 1. The number of pyridine rings is 1. The van der Waals surface area contributed by atoms with Crippen molar-refractivity contribution in [2.45, 2.75) is 39.3 Å². The Morgan fingerprint density at radius 3 is 2.70 bits per heavy atom. The number of fused-ring (bicyclic) bond motifs is 1. The number of hydrogen-bond donors (Lipinski definition) is 1. The van der Waals surface area contributed by atoms with Gasteiger partial charge >= 0.3 is 0 Å². The fraction of sp³-hybridized carbons (Fsp3) is 0.320. The number of nitrogens with one attached hydrogen (secondary N) is 1. The molecule has 4 heterocycles. The highest BCUT2D eigenvalue weighted by atomic mass is 32.1. The van der Waals surface area contributed by atoms with Crippen LogP contribution in [0.5, 0.6) is 5.75 Å². The summed E-state index contributed by atoms with van der Waals surface area (Å²) in [4.78, 5) is 24.3. The van der Waals surface area contributed by atoms with Gasteiger partial charge in [-0.15, -0.1) is 11.3 Å². The van der Waals surface area contributed by atoms with E-state index in [0.29, 0.717) is 23.1 Å². The second kappa shape index (κ2) is 9.72. The number of likely N-dealkylation sites (tertiary alicyclic amines) is 1. The van der Waals surface area contributed by atoms with Gasteiger partial charge in [0.2, 0.25) is 0 Å². The summed E-state index contributed by atoms with van der Waals surface area (Å²) in [6.45, 7) is 5.52. The third kappa shape index (κ3) is 5.23. The largest absolute Gasteiger partial charge is 0.487 e. The van der Waals surface area contributed by atoms with Crippen molar-refractivity contribution in [2.24, 2.45) is 0 Å². The summed E-state index contributed by atoms with van der Waals surface area (Å²) < 4.78 is 7.87. The minimum atomic E-state index is -0.170. The number of nitrogens with zero attached hydrogens (tertiary/aromatic N) is 4. The van der Waals surface area contributed by atoms with Crippen molar-refractivity contribution in [1.29, 1.82) is 0 Å². The van der Waals surface area contributed by atoms with Crippen LogP contribution in [0.25, 0.3) is 5.65 Å². The van der Waals surface area contributed by atoms with Crippen LogP contribution in [0.1, 0.15) is 46.6 Å². The Hall–Kier alpha value is -3.23. The van der Waals surface area contributed by atoms with Gasteiger partial charge in [-0.25, -0.2) is 9.97 Å². The van der Waals surface area contributed by atoms with Crippen molar-refractivity contribution >= 4 is 28.0 Å². The van der Waals surface area contributed by atoms with Crippen LogP contribution in [0.2, 0.25) is 0 Å². The number of amides is 1. The average Bonchev–Trinajstić information content (AvgIpc) is 3.46. The van der Waals surface area contributed by atoms with Gasteiger partial charge in [0, 0.05) is 29.9 Å². The molecule has 33 heavy (non-hydrogen) atoms. The standard InChI is InChI=1S/C25H27N5O2S/c1-18-6-5-13-30-15-20(26-23(18)30)16-32-22-9-7-19(8-10-22)24(31)28-25-27-21(17-33-25)14-29-11-3-2-4-12-29/h5-10,13,15,17H,2-4,11-12,14,16H2,1H3,(H,27,28,31). The number of piperidine rings is 1. The van der Waals surface area contributed by atoms with Gasteiger partial charge in [0.25, 0.3) is 5.91 Å². The number of benzene rings is 1. The molecule has 1 fully saturated rings. The molecule has 5 rings (SSSR count). The van der Waals surface area contributed by atoms with Crippen LogP contribution in [0, 0.1) is 6.92 Å². The van der Waals surface area contributed by atoms with Gasteiger partial charge < -0.3 is 9.14 Å². The molecule has 7 nitrogen and oxygen atoms in total. The monoisotopic (exact) mass is 461 g/mol. The van der Waals surface area contributed by atoms with Crippen molar-refractivity contribution in [3.8, 4) is 5.75 Å². The Kier molecular flexibility index (Phi) is 6.37. The molecule has 0 aliphatic carbocycles. The first-order valence-corrected chi connectivity index (χ1v) is 12.2. The summed E-state index contributed by atoms with van der Waals surface area (Å²) in [5.41, 5.74) is 4.50. The predicted octanol–water partition coefficient (Wildman–Crippen LogP) is 4.92. The fourth-order valence-electron chi connectivity index (χ4n) is 4.09. The summed E-state index contributed by atoms with van der Waals surface area (Å²) in [5.74, 6) is 0.523. The topological polar surface area (TPSA) is 71.8 Å². The first-order valence-electron chi connectivity index (χ1n) is 11.3. The molecular weight excluding hydrogens is 434 g/mol. The Labute approximate surface area is 197 Å². The molecule has 170 valence electrons. The Bertz CT molecular complexity index is 1240. The van der Waals surface area contributed by atoms with Crippen LogP contribution in [0.4, 0.5) is 5.13 Å². The fourth-order valence-corrected chi connectivity index (χ4v) is 4.78. The molecule has 1 amide bonds. The molecule has 1 aromatic carbocycles. The van der Waals surface area contributed by atoms with E-state index in [0.717, 1.165) is 42.2 Å². The van der Waals surface area contributed by atoms with Crippen molar-refractivity contribution in [3.05, 3.63) is 76.7 Å². The van der Waals surface area contributed by atoms with E-state index in [9.17, 15) is 4.79 Å². The zero-order valence-electron chi connectivity index (χ0n) is 18.7.